The second-order valence-corrected chi connectivity index (χ2v) is 9.12. The molecule has 2 aromatic rings. The van der Waals surface area contributed by atoms with Gasteiger partial charge in [-0.25, -0.2) is 0 Å². The molecule has 5 heteroatoms. The van der Waals surface area contributed by atoms with E-state index in [1.807, 2.05) is 0 Å². The van der Waals surface area contributed by atoms with Crippen LogP contribution >= 0.6 is 0 Å². The average molecular weight is 418 g/mol. The minimum Gasteiger partial charge on any atom is -0.290 e. The molecule has 162 valence electrons. The molecule has 2 aliphatic heterocycles. The molecule has 2 amide bonds. The normalized spacial score (nSPS) is 25.3. The highest BCUT2D eigenvalue weighted by atomic mass is 16.2. The molecule has 0 spiro atoms. The lowest BCUT2D eigenvalue weighted by atomic mass is 9.81. The fraction of sp³-hybridized carbons (Fsp3) is 0.462. The highest BCUT2D eigenvalue weighted by molar-refractivity contribution is 6.05. The van der Waals surface area contributed by atoms with Crippen LogP contribution in [-0.2, 0) is 9.59 Å². The summed E-state index contributed by atoms with van der Waals surface area (Å²) in [6, 6.07) is 21.6. The largest absolute Gasteiger partial charge is 0.290 e. The van der Waals surface area contributed by atoms with Crippen molar-refractivity contribution in [3.8, 4) is 0 Å². The summed E-state index contributed by atoms with van der Waals surface area (Å²) in [6.45, 7) is 4.01. The Kier molecular flexibility index (Phi) is 5.88. The Morgan fingerprint density at radius 3 is 1.68 bits per heavy atom. The number of carbonyl (C=O) groups is 2. The topological polar surface area (TPSA) is 43.9 Å². The molecule has 2 heterocycles. The first-order valence-electron chi connectivity index (χ1n) is 11.6. The maximum Gasteiger partial charge on any atom is 0.234 e. The van der Waals surface area contributed by atoms with Gasteiger partial charge in [-0.3, -0.25) is 24.3 Å². The van der Waals surface area contributed by atoms with Crippen molar-refractivity contribution in [1.29, 1.82) is 0 Å². The van der Waals surface area contributed by atoms with E-state index >= 15 is 0 Å². The van der Waals surface area contributed by atoms with Crippen LogP contribution < -0.4 is 0 Å². The number of rotatable bonds is 5. The van der Waals surface area contributed by atoms with Gasteiger partial charge in [0.25, 0.3) is 0 Å². The number of carbonyl (C=O) groups excluding carboxylic acids is 2. The predicted molar refractivity (Wildman–Crippen MR) is 120 cm³/mol. The van der Waals surface area contributed by atoms with Gasteiger partial charge >= 0.3 is 0 Å². The molecule has 0 unspecified atom stereocenters. The standard InChI is InChI=1S/C26H31N3O2/c30-25-22-13-7-8-14-23(22)26(31)29(25)19-27-15-17-28(18-16-27)24(20-9-3-1-4-10-20)21-11-5-2-6-12-21/h1-6,9-12,22-24H,7-8,13-19H2/t22-,23-/m0/s1. The Labute approximate surface area is 184 Å². The molecule has 0 radical (unpaired) electrons. The zero-order chi connectivity index (χ0) is 21.2. The van der Waals surface area contributed by atoms with Crippen molar-refractivity contribution >= 4 is 11.8 Å². The number of hydrogen-bond donors (Lipinski definition) is 0. The third-order valence-corrected chi connectivity index (χ3v) is 7.28. The van der Waals surface area contributed by atoms with Crippen LogP contribution in [0.5, 0.6) is 0 Å². The van der Waals surface area contributed by atoms with E-state index in [4.69, 9.17) is 0 Å². The number of fused-ring (bicyclic) bond motifs is 1. The van der Waals surface area contributed by atoms with Crippen molar-refractivity contribution in [2.45, 2.75) is 31.7 Å². The quantitative estimate of drug-likeness (QED) is 0.698. The second-order valence-electron chi connectivity index (χ2n) is 9.12. The van der Waals surface area contributed by atoms with Gasteiger partial charge in [0.2, 0.25) is 11.8 Å². The van der Waals surface area contributed by atoms with E-state index in [-0.39, 0.29) is 29.7 Å². The summed E-state index contributed by atoms with van der Waals surface area (Å²) in [7, 11) is 0. The van der Waals surface area contributed by atoms with Gasteiger partial charge in [0.15, 0.2) is 0 Å². The fourth-order valence-electron chi connectivity index (χ4n) is 5.62. The molecule has 2 atom stereocenters. The Balaban J connectivity index is 1.26. The summed E-state index contributed by atoms with van der Waals surface area (Å²) >= 11 is 0. The van der Waals surface area contributed by atoms with Gasteiger partial charge in [-0.1, -0.05) is 73.5 Å². The monoisotopic (exact) mass is 417 g/mol. The van der Waals surface area contributed by atoms with Crippen LogP contribution in [0.25, 0.3) is 0 Å². The van der Waals surface area contributed by atoms with Crippen molar-refractivity contribution in [3.05, 3.63) is 71.8 Å². The number of imide groups is 1. The van der Waals surface area contributed by atoms with Gasteiger partial charge in [0.1, 0.15) is 0 Å². The zero-order valence-corrected chi connectivity index (χ0v) is 18.0. The van der Waals surface area contributed by atoms with Crippen molar-refractivity contribution in [2.24, 2.45) is 11.8 Å². The van der Waals surface area contributed by atoms with Crippen molar-refractivity contribution < 1.29 is 9.59 Å². The summed E-state index contributed by atoms with van der Waals surface area (Å²) in [6.07, 6.45) is 3.92. The summed E-state index contributed by atoms with van der Waals surface area (Å²) in [5, 5.41) is 0. The first kappa shape index (κ1) is 20.4. The van der Waals surface area contributed by atoms with E-state index in [2.05, 4.69) is 70.5 Å². The van der Waals surface area contributed by atoms with Crippen molar-refractivity contribution in [3.63, 3.8) is 0 Å². The summed E-state index contributed by atoms with van der Waals surface area (Å²) in [4.78, 5) is 32.0. The molecular formula is C26H31N3O2. The Hall–Kier alpha value is -2.50. The minimum absolute atomic E-state index is 0.0527. The first-order valence-corrected chi connectivity index (χ1v) is 11.6. The lowest BCUT2D eigenvalue weighted by molar-refractivity contribution is -0.142. The van der Waals surface area contributed by atoms with Gasteiger partial charge < -0.3 is 0 Å². The molecule has 31 heavy (non-hydrogen) atoms. The van der Waals surface area contributed by atoms with Crippen molar-refractivity contribution in [1.82, 2.24) is 14.7 Å². The third-order valence-electron chi connectivity index (χ3n) is 7.28. The molecule has 2 aromatic carbocycles. The van der Waals surface area contributed by atoms with Crippen LogP contribution in [0.4, 0.5) is 0 Å². The predicted octanol–water partition coefficient (Wildman–Crippen LogP) is 3.53. The summed E-state index contributed by atoms with van der Waals surface area (Å²) in [5.41, 5.74) is 2.60. The number of benzene rings is 2. The van der Waals surface area contributed by atoms with E-state index in [1.54, 1.807) is 4.90 Å². The van der Waals surface area contributed by atoms with Crippen LogP contribution in [0, 0.1) is 11.8 Å². The molecule has 1 aliphatic carbocycles. The highest BCUT2D eigenvalue weighted by Crippen LogP contribution is 2.38. The zero-order valence-electron chi connectivity index (χ0n) is 18.0. The van der Waals surface area contributed by atoms with Crippen LogP contribution in [-0.4, -0.2) is 59.4 Å². The van der Waals surface area contributed by atoms with E-state index in [0.29, 0.717) is 6.67 Å². The van der Waals surface area contributed by atoms with Gasteiger partial charge in [-0.05, 0) is 24.0 Å². The van der Waals surface area contributed by atoms with Crippen LogP contribution in [0.2, 0.25) is 0 Å². The SMILES string of the molecule is O=C1[C@H]2CCCC[C@@H]2C(=O)N1CN1CCN(C(c2ccccc2)c2ccccc2)CC1. The van der Waals surface area contributed by atoms with Crippen LogP contribution in [0.15, 0.2) is 60.7 Å². The van der Waals surface area contributed by atoms with Gasteiger partial charge in [0.05, 0.1) is 24.5 Å². The highest BCUT2D eigenvalue weighted by Gasteiger charge is 2.48. The van der Waals surface area contributed by atoms with E-state index in [9.17, 15) is 9.59 Å². The third kappa shape index (κ3) is 4.04. The van der Waals surface area contributed by atoms with Gasteiger partial charge in [-0.2, -0.15) is 0 Å². The first-order chi connectivity index (χ1) is 15.2. The molecule has 0 N–H and O–H groups in total. The molecule has 5 rings (SSSR count). The Morgan fingerprint density at radius 2 is 1.19 bits per heavy atom. The lowest BCUT2D eigenvalue weighted by Gasteiger charge is -2.40. The Morgan fingerprint density at radius 1 is 0.710 bits per heavy atom. The number of nitrogens with zero attached hydrogens (tertiary/aromatic N) is 3. The molecule has 3 fully saturated rings. The number of amides is 2. The maximum atomic E-state index is 12.8. The number of piperazine rings is 1. The van der Waals surface area contributed by atoms with E-state index in [1.165, 1.54) is 11.1 Å². The summed E-state index contributed by atoms with van der Waals surface area (Å²) in [5.74, 6) is 0.0401. The average Bonchev–Trinajstić information content (AvgIpc) is 3.07. The minimum atomic E-state index is -0.0527. The fourth-order valence-corrected chi connectivity index (χ4v) is 5.62. The molecule has 0 bridgehead atoms. The Bertz CT molecular complexity index is 845. The smallest absolute Gasteiger partial charge is 0.234 e. The molecular weight excluding hydrogens is 386 g/mol. The molecule has 0 aromatic heterocycles. The van der Waals surface area contributed by atoms with Gasteiger partial charge in [0, 0.05) is 26.2 Å². The second kappa shape index (κ2) is 8.93. The lowest BCUT2D eigenvalue weighted by Crippen LogP contribution is -2.52. The summed E-state index contributed by atoms with van der Waals surface area (Å²) < 4.78 is 0. The molecule has 3 aliphatic rings. The number of likely N-dealkylation sites (tertiary alicyclic amines) is 1. The van der Waals surface area contributed by atoms with Crippen LogP contribution in [0.1, 0.15) is 42.9 Å². The van der Waals surface area contributed by atoms with Crippen molar-refractivity contribution in [2.75, 3.05) is 32.8 Å². The van der Waals surface area contributed by atoms with E-state index in [0.717, 1.165) is 51.9 Å². The van der Waals surface area contributed by atoms with Gasteiger partial charge in [-0.15, -0.1) is 0 Å². The maximum absolute atomic E-state index is 12.8. The molecule has 5 nitrogen and oxygen atoms in total. The van der Waals surface area contributed by atoms with Crippen LogP contribution in [0.3, 0.4) is 0 Å². The van der Waals surface area contributed by atoms with E-state index < -0.39 is 0 Å². The number of hydrogen-bond acceptors (Lipinski definition) is 4. The molecule has 1 saturated carbocycles. The molecule has 2 saturated heterocycles.